The van der Waals surface area contributed by atoms with Crippen LogP contribution in [0, 0.1) is 0 Å². The van der Waals surface area contributed by atoms with Gasteiger partial charge in [0.05, 0.1) is 11.1 Å². The lowest BCUT2D eigenvalue weighted by atomic mass is 10.1. The SMILES string of the molecule is CSCC[C@@H](C(=O)NCCCN(C)c1ccccc1)N1C(=O)c2ccccc2C1=O. The molecule has 6 nitrogen and oxygen atoms in total. The predicted octanol–water partition coefficient (Wildman–Crippen LogP) is 3.05. The highest BCUT2D eigenvalue weighted by Gasteiger charge is 2.42. The van der Waals surface area contributed by atoms with Gasteiger partial charge in [0.25, 0.3) is 11.8 Å². The van der Waals surface area contributed by atoms with Crippen molar-refractivity contribution >= 4 is 35.2 Å². The fourth-order valence-corrected chi connectivity index (χ4v) is 4.01. The van der Waals surface area contributed by atoms with Gasteiger partial charge in [-0.05, 0) is 49.1 Å². The number of rotatable bonds is 10. The Morgan fingerprint density at radius 2 is 1.63 bits per heavy atom. The van der Waals surface area contributed by atoms with Crippen LogP contribution in [0.4, 0.5) is 5.69 Å². The van der Waals surface area contributed by atoms with Gasteiger partial charge in [0.2, 0.25) is 5.91 Å². The van der Waals surface area contributed by atoms with Gasteiger partial charge in [-0.2, -0.15) is 11.8 Å². The summed E-state index contributed by atoms with van der Waals surface area (Å²) in [6.07, 6.45) is 3.13. The zero-order chi connectivity index (χ0) is 21.5. The van der Waals surface area contributed by atoms with E-state index in [2.05, 4.69) is 10.2 Å². The number of fused-ring (bicyclic) bond motifs is 1. The first-order chi connectivity index (χ1) is 14.5. The van der Waals surface area contributed by atoms with Crippen molar-refractivity contribution in [2.75, 3.05) is 37.0 Å². The highest BCUT2D eigenvalue weighted by Crippen LogP contribution is 2.26. The highest BCUT2D eigenvalue weighted by molar-refractivity contribution is 7.98. The Morgan fingerprint density at radius 3 is 2.23 bits per heavy atom. The Morgan fingerprint density at radius 1 is 1.03 bits per heavy atom. The van der Waals surface area contributed by atoms with E-state index < -0.39 is 6.04 Å². The largest absolute Gasteiger partial charge is 0.375 e. The number of anilines is 1. The summed E-state index contributed by atoms with van der Waals surface area (Å²) in [5.41, 5.74) is 1.86. The average molecular weight is 426 g/mol. The van der Waals surface area contributed by atoms with Gasteiger partial charge in [0.15, 0.2) is 0 Å². The van der Waals surface area contributed by atoms with Gasteiger partial charge in [-0.1, -0.05) is 30.3 Å². The Hall–Kier alpha value is -2.80. The molecule has 0 aliphatic carbocycles. The minimum Gasteiger partial charge on any atom is -0.375 e. The van der Waals surface area contributed by atoms with Crippen LogP contribution in [0.2, 0.25) is 0 Å². The molecule has 30 heavy (non-hydrogen) atoms. The van der Waals surface area contributed by atoms with Gasteiger partial charge < -0.3 is 10.2 Å². The molecule has 0 unspecified atom stereocenters. The van der Waals surface area contributed by atoms with E-state index in [1.54, 1.807) is 36.0 Å². The number of carbonyl (C=O) groups is 3. The zero-order valence-electron chi connectivity index (χ0n) is 17.3. The van der Waals surface area contributed by atoms with Crippen molar-refractivity contribution in [2.45, 2.75) is 18.9 Å². The molecule has 158 valence electrons. The second-order valence-corrected chi connectivity index (χ2v) is 8.21. The summed E-state index contributed by atoms with van der Waals surface area (Å²) in [4.78, 5) is 41.8. The van der Waals surface area contributed by atoms with Crippen LogP contribution in [0.15, 0.2) is 54.6 Å². The fraction of sp³-hybridized carbons (Fsp3) is 0.348. The normalized spacial score (nSPS) is 13.9. The molecule has 1 aliphatic heterocycles. The van der Waals surface area contributed by atoms with E-state index in [4.69, 9.17) is 0 Å². The Labute approximate surface area is 181 Å². The van der Waals surface area contributed by atoms with Crippen molar-refractivity contribution in [3.8, 4) is 0 Å². The van der Waals surface area contributed by atoms with E-state index in [9.17, 15) is 14.4 Å². The third-order valence-electron chi connectivity index (χ3n) is 5.20. The van der Waals surface area contributed by atoms with Crippen LogP contribution in [-0.4, -0.2) is 60.8 Å². The third kappa shape index (κ3) is 4.84. The van der Waals surface area contributed by atoms with Gasteiger partial charge in [-0.3, -0.25) is 19.3 Å². The molecule has 7 heteroatoms. The number of thioether (sulfide) groups is 1. The summed E-state index contributed by atoms with van der Waals surface area (Å²) in [7, 11) is 2.01. The van der Waals surface area contributed by atoms with Crippen molar-refractivity contribution in [3.05, 3.63) is 65.7 Å². The molecule has 1 N–H and O–H groups in total. The first-order valence-corrected chi connectivity index (χ1v) is 11.4. The molecular formula is C23H27N3O3S. The highest BCUT2D eigenvalue weighted by atomic mass is 32.2. The van der Waals surface area contributed by atoms with Crippen LogP contribution < -0.4 is 10.2 Å². The molecule has 3 amide bonds. The number of benzene rings is 2. The van der Waals surface area contributed by atoms with Crippen LogP contribution in [0.25, 0.3) is 0 Å². The summed E-state index contributed by atoms with van der Waals surface area (Å²) in [5.74, 6) is -0.371. The molecule has 0 saturated heterocycles. The second-order valence-electron chi connectivity index (χ2n) is 7.22. The van der Waals surface area contributed by atoms with E-state index in [0.29, 0.717) is 29.8 Å². The van der Waals surface area contributed by atoms with Crippen LogP contribution in [0.1, 0.15) is 33.6 Å². The van der Waals surface area contributed by atoms with Crippen LogP contribution >= 0.6 is 11.8 Å². The van der Waals surface area contributed by atoms with Crippen molar-refractivity contribution in [2.24, 2.45) is 0 Å². The molecule has 2 aromatic rings. The van der Waals surface area contributed by atoms with E-state index in [1.807, 2.05) is 43.6 Å². The summed E-state index contributed by atoms with van der Waals surface area (Å²) in [6, 6.07) is 16.0. The van der Waals surface area contributed by atoms with Gasteiger partial charge in [-0.15, -0.1) is 0 Å². The molecule has 0 fully saturated rings. The molecular weight excluding hydrogens is 398 g/mol. The minimum atomic E-state index is -0.795. The van der Waals surface area contributed by atoms with Crippen LogP contribution in [0.5, 0.6) is 0 Å². The molecule has 1 heterocycles. The number of carbonyl (C=O) groups excluding carboxylic acids is 3. The first-order valence-electron chi connectivity index (χ1n) is 10.0. The second kappa shape index (κ2) is 10.3. The molecule has 0 spiro atoms. The lowest BCUT2D eigenvalue weighted by molar-refractivity contribution is -0.125. The van der Waals surface area contributed by atoms with Gasteiger partial charge in [0, 0.05) is 25.8 Å². The standard InChI is InChI=1S/C23H27N3O3S/c1-25(17-9-4-3-5-10-17)15-8-14-24-21(27)20(13-16-30-2)26-22(28)18-11-6-7-12-19(18)23(26)29/h3-7,9-12,20H,8,13-16H2,1-2H3,(H,24,27)/t20-/m0/s1. The van der Waals surface area contributed by atoms with Gasteiger partial charge >= 0.3 is 0 Å². The molecule has 1 atom stereocenters. The quantitative estimate of drug-likeness (QED) is 0.468. The maximum absolute atomic E-state index is 12.9. The lowest BCUT2D eigenvalue weighted by Gasteiger charge is -2.25. The van der Waals surface area contributed by atoms with Gasteiger partial charge in [-0.25, -0.2) is 0 Å². The van der Waals surface area contributed by atoms with E-state index in [1.165, 1.54) is 0 Å². The molecule has 3 rings (SSSR count). The predicted molar refractivity (Wildman–Crippen MR) is 121 cm³/mol. The minimum absolute atomic E-state index is 0.277. The van der Waals surface area contributed by atoms with Crippen LogP contribution in [0.3, 0.4) is 0 Å². The maximum Gasteiger partial charge on any atom is 0.262 e. The number of para-hydroxylation sites is 1. The summed E-state index contributed by atoms with van der Waals surface area (Å²) in [5, 5.41) is 2.92. The number of hydrogen-bond acceptors (Lipinski definition) is 5. The smallest absolute Gasteiger partial charge is 0.262 e. The van der Waals surface area contributed by atoms with E-state index in [-0.39, 0.29) is 17.7 Å². The molecule has 1 aliphatic rings. The number of nitrogens with zero attached hydrogens (tertiary/aromatic N) is 2. The molecule has 0 radical (unpaired) electrons. The average Bonchev–Trinajstić information content (AvgIpc) is 3.03. The Kier molecular flexibility index (Phi) is 7.52. The fourth-order valence-electron chi connectivity index (χ4n) is 3.56. The van der Waals surface area contributed by atoms with E-state index in [0.717, 1.165) is 23.6 Å². The van der Waals surface area contributed by atoms with Gasteiger partial charge in [0.1, 0.15) is 6.04 Å². The topological polar surface area (TPSA) is 69.7 Å². The van der Waals surface area contributed by atoms with Crippen molar-refractivity contribution < 1.29 is 14.4 Å². The zero-order valence-corrected chi connectivity index (χ0v) is 18.2. The first kappa shape index (κ1) is 21.9. The molecule has 2 aromatic carbocycles. The molecule has 0 saturated carbocycles. The number of nitrogens with one attached hydrogen (secondary N) is 1. The van der Waals surface area contributed by atoms with Crippen molar-refractivity contribution in [1.82, 2.24) is 10.2 Å². The summed E-state index contributed by atoms with van der Waals surface area (Å²) in [6.45, 7) is 1.27. The van der Waals surface area contributed by atoms with Crippen LogP contribution in [-0.2, 0) is 4.79 Å². The van der Waals surface area contributed by atoms with Crippen molar-refractivity contribution in [3.63, 3.8) is 0 Å². The maximum atomic E-state index is 12.9. The van der Waals surface area contributed by atoms with Crippen molar-refractivity contribution in [1.29, 1.82) is 0 Å². The Bertz CT molecular complexity index is 869. The summed E-state index contributed by atoms with van der Waals surface area (Å²) < 4.78 is 0. The third-order valence-corrected chi connectivity index (χ3v) is 5.85. The number of imide groups is 1. The monoisotopic (exact) mass is 425 g/mol. The Balaban J connectivity index is 1.60. The number of amides is 3. The molecule has 0 bridgehead atoms. The van der Waals surface area contributed by atoms with E-state index >= 15 is 0 Å². The number of hydrogen-bond donors (Lipinski definition) is 1. The summed E-state index contributed by atoms with van der Waals surface area (Å²) >= 11 is 1.59. The molecule has 0 aromatic heterocycles. The lowest BCUT2D eigenvalue weighted by Crippen LogP contribution is -2.50.